The Hall–Kier alpha value is -2.22. The first kappa shape index (κ1) is 19.1. The van der Waals surface area contributed by atoms with Crippen molar-refractivity contribution in [3.63, 3.8) is 0 Å². The number of methoxy groups -OCH3 is 2. The molecule has 0 bridgehead atoms. The van der Waals surface area contributed by atoms with Crippen molar-refractivity contribution in [1.82, 2.24) is 10.6 Å². The Balaban J connectivity index is 2.13. The number of carbonyl (C=O) groups excluding carboxylic acids is 2. The third-order valence-electron chi connectivity index (χ3n) is 3.66. The Bertz CT molecular complexity index is 654. The summed E-state index contributed by atoms with van der Waals surface area (Å²) in [6, 6.07) is 4.21. The van der Waals surface area contributed by atoms with E-state index in [1.165, 1.54) is 26.0 Å². The molecule has 2 N–H and O–H groups in total. The van der Waals surface area contributed by atoms with E-state index in [4.69, 9.17) is 9.47 Å². The van der Waals surface area contributed by atoms with Crippen LogP contribution in [-0.4, -0.2) is 49.5 Å². The predicted octanol–water partition coefficient (Wildman–Crippen LogP) is 1.68. The zero-order valence-electron chi connectivity index (χ0n) is 14.8. The van der Waals surface area contributed by atoms with Crippen LogP contribution in [-0.2, 0) is 4.79 Å². The molecular formula is C17H23N3O4S. The largest absolute Gasteiger partial charge is 0.497 e. The highest BCUT2D eigenvalue weighted by atomic mass is 32.2. The summed E-state index contributed by atoms with van der Waals surface area (Å²) in [7, 11) is 3.03. The molecule has 136 valence electrons. The Labute approximate surface area is 151 Å². The molecule has 1 aromatic carbocycles. The van der Waals surface area contributed by atoms with Gasteiger partial charge in [0.2, 0.25) is 5.91 Å². The van der Waals surface area contributed by atoms with Crippen LogP contribution in [0, 0.1) is 5.92 Å². The number of hydrogen-bond donors (Lipinski definition) is 2. The molecule has 0 radical (unpaired) electrons. The minimum absolute atomic E-state index is 0.0801. The van der Waals surface area contributed by atoms with Crippen LogP contribution >= 0.6 is 11.8 Å². The Morgan fingerprint density at radius 2 is 1.80 bits per heavy atom. The van der Waals surface area contributed by atoms with Gasteiger partial charge in [-0.1, -0.05) is 25.6 Å². The molecule has 8 heteroatoms. The normalized spacial score (nSPS) is 14.7. The van der Waals surface area contributed by atoms with Gasteiger partial charge in [-0.25, -0.2) is 0 Å². The van der Waals surface area contributed by atoms with Crippen LogP contribution in [0.3, 0.4) is 0 Å². The molecule has 7 nitrogen and oxygen atoms in total. The predicted molar refractivity (Wildman–Crippen MR) is 98.5 cm³/mol. The molecule has 1 aliphatic rings. The van der Waals surface area contributed by atoms with E-state index in [-0.39, 0.29) is 17.7 Å². The van der Waals surface area contributed by atoms with Crippen LogP contribution in [0.25, 0.3) is 0 Å². The molecule has 0 aliphatic carbocycles. The molecule has 2 rings (SSSR count). The number of amidine groups is 1. The average Bonchev–Trinajstić information content (AvgIpc) is 3.11. The van der Waals surface area contributed by atoms with Gasteiger partial charge in [-0.2, -0.15) is 0 Å². The number of rotatable bonds is 6. The third kappa shape index (κ3) is 5.12. The second kappa shape index (κ2) is 8.75. The number of nitrogens with zero attached hydrogens (tertiary/aromatic N) is 1. The highest BCUT2D eigenvalue weighted by Crippen LogP contribution is 2.22. The van der Waals surface area contributed by atoms with E-state index in [1.54, 1.807) is 18.2 Å². The van der Waals surface area contributed by atoms with Gasteiger partial charge in [0.05, 0.1) is 20.8 Å². The summed E-state index contributed by atoms with van der Waals surface area (Å²) >= 11 is 1.50. The molecular weight excluding hydrogens is 342 g/mol. The lowest BCUT2D eigenvalue weighted by molar-refractivity contribution is -0.122. The Kier molecular flexibility index (Phi) is 6.69. The van der Waals surface area contributed by atoms with Gasteiger partial charge in [0, 0.05) is 17.4 Å². The molecule has 0 spiro atoms. The fourth-order valence-electron chi connectivity index (χ4n) is 2.29. The maximum atomic E-state index is 12.6. The maximum Gasteiger partial charge on any atom is 0.252 e. The minimum Gasteiger partial charge on any atom is -0.497 e. The lowest BCUT2D eigenvalue weighted by atomic mass is 10.0. The fourth-order valence-corrected chi connectivity index (χ4v) is 3.02. The van der Waals surface area contributed by atoms with E-state index >= 15 is 0 Å². The van der Waals surface area contributed by atoms with Gasteiger partial charge >= 0.3 is 0 Å². The number of aliphatic imine (C=N–C) groups is 1. The summed E-state index contributed by atoms with van der Waals surface area (Å²) in [5.41, 5.74) is 0.363. The smallest absolute Gasteiger partial charge is 0.252 e. The van der Waals surface area contributed by atoms with Gasteiger partial charge in [-0.15, -0.1) is 0 Å². The van der Waals surface area contributed by atoms with Crippen LogP contribution < -0.4 is 20.1 Å². The van der Waals surface area contributed by atoms with Gasteiger partial charge in [0.25, 0.3) is 5.91 Å². The van der Waals surface area contributed by atoms with Gasteiger partial charge in [0.15, 0.2) is 5.17 Å². The van der Waals surface area contributed by atoms with Crippen molar-refractivity contribution < 1.29 is 19.1 Å². The minimum atomic E-state index is -0.673. The fraction of sp³-hybridized carbons (Fsp3) is 0.471. The number of nitrogens with one attached hydrogen (secondary N) is 2. The van der Waals surface area contributed by atoms with Crippen LogP contribution in [0.5, 0.6) is 11.5 Å². The van der Waals surface area contributed by atoms with Gasteiger partial charge < -0.3 is 20.1 Å². The first-order valence-corrected chi connectivity index (χ1v) is 8.95. The number of hydrogen-bond acceptors (Lipinski definition) is 6. The van der Waals surface area contributed by atoms with Crippen molar-refractivity contribution in [2.24, 2.45) is 10.9 Å². The molecule has 1 aromatic rings. The molecule has 2 amide bonds. The van der Waals surface area contributed by atoms with Crippen LogP contribution in [0.1, 0.15) is 24.2 Å². The second-order valence-electron chi connectivity index (χ2n) is 5.82. The molecule has 1 heterocycles. The molecule has 0 aromatic heterocycles. The summed E-state index contributed by atoms with van der Waals surface area (Å²) in [6.07, 6.45) is 0. The van der Waals surface area contributed by atoms with E-state index in [9.17, 15) is 9.59 Å². The monoisotopic (exact) mass is 365 g/mol. The van der Waals surface area contributed by atoms with Crippen LogP contribution in [0.15, 0.2) is 23.2 Å². The average molecular weight is 365 g/mol. The van der Waals surface area contributed by atoms with Gasteiger partial charge in [-0.3, -0.25) is 14.6 Å². The Morgan fingerprint density at radius 1 is 1.16 bits per heavy atom. The number of thioether (sulfide) groups is 1. The van der Waals surface area contributed by atoms with Crippen molar-refractivity contribution in [3.8, 4) is 11.5 Å². The summed E-state index contributed by atoms with van der Waals surface area (Å²) in [5, 5.41) is 6.16. The lowest BCUT2D eigenvalue weighted by Gasteiger charge is -2.21. The number of benzene rings is 1. The molecule has 25 heavy (non-hydrogen) atoms. The topological polar surface area (TPSA) is 89.0 Å². The SMILES string of the molecule is COc1cc(OC)cc(C(=O)N[C@H](C(=O)NC2=NCCS2)C(C)C)c1. The number of ether oxygens (including phenoxy) is 2. The molecule has 1 aliphatic heterocycles. The standard InChI is InChI=1S/C17H23N3O4S/c1-10(2)14(16(22)20-17-18-5-6-25-17)19-15(21)11-7-12(23-3)9-13(8-11)24-4/h7-10,14H,5-6H2,1-4H3,(H,19,21)(H,18,20,22)/t14-/m0/s1. The van der Waals surface area contributed by atoms with E-state index in [1.807, 2.05) is 13.8 Å². The van der Waals surface area contributed by atoms with Crippen LogP contribution in [0.2, 0.25) is 0 Å². The van der Waals surface area contributed by atoms with E-state index in [0.717, 1.165) is 5.75 Å². The highest BCUT2D eigenvalue weighted by molar-refractivity contribution is 8.14. The molecule has 0 saturated carbocycles. The molecule has 0 unspecified atom stereocenters. The molecule has 1 atom stereocenters. The summed E-state index contributed by atoms with van der Waals surface area (Å²) in [6.45, 7) is 4.45. The third-order valence-corrected chi connectivity index (χ3v) is 4.56. The quantitative estimate of drug-likeness (QED) is 0.801. The lowest BCUT2D eigenvalue weighted by Crippen LogP contribution is -2.50. The first-order valence-electron chi connectivity index (χ1n) is 7.96. The van der Waals surface area contributed by atoms with Crippen molar-refractivity contribution in [1.29, 1.82) is 0 Å². The number of amides is 2. The summed E-state index contributed by atoms with van der Waals surface area (Å²) in [5.74, 6) is 1.15. The summed E-state index contributed by atoms with van der Waals surface area (Å²) in [4.78, 5) is 29.3. The van der Waals surface area contributed by atoms with Crippen molar-refractivity contribution in [2.45, 2.75) is 19.9 Å². The van der Waals surface area contributed by atoms with E-state index in [2.05, 4.69) is 15.6 Å². The Morgan fingerprint density at radius 3 is 2.28 bits per heavy atom. The van der Waals surface area contributed by atoms with Gasteiger partial charge in [-0.05, 0) is 18.1 Å². The van der Waals surface area contributed by atoms with Crippen LogP contribution in [0.4, 0.5) is 0 Å². The van der Waals surface area contributed by atoms with E-state index in [0.29, 0.717) is 28.8 Å². The van der Waals surface area contributed by atoms with Crippen molar-refractivity contribution >= 4 is 28.7 Å². The second-order valence-corrected chi connectivity index (χ2v) is 6.90. The highest BCUT2D eigenvalue weighted by Gasteiger charge is 2.26. The zero-order chi connectivity index (χ0) is 18.4. The maximum absolute atomic E-state index is 12.6. The molecule has 0 saturated heterocycles. The van der Waals surface area contributed by atoms with Crippen molar-refractivity contribution in [3.05, 3.63) is 23.8 Å². The molecule has 0 fully saturated rings. The first-order chi connectivity index (χ1) is 11.9. The van der Waals surface area contributed by atoms with Gasteiger partial charge in [0.1, 0.15) is 17.5 Å². The van der Waals surface area contributed by atoms with Crippen molar-refractivity contribution in [2.75, 3.05) is 26.5 Å². The number of carbonyl (C=O) groups is 2. The van der Waals surface area contributed by atoms with E-state index < -0.39 is 6.04 Å². The zero-order valence-corrected chi connectivity index (χ0v) is 15.6. The summed E-state index contributed by atoms with van der Waals surface area (Å²) < 4.78 is 10.4.